The van der Waals surface area contributed by atoms with Gasteiger partial charge in [0, 0.05) is 31.5 Å². The molecular formula is C18H18Cl2N2O3. The number of nitrogens with two attached hydrogens (primary N) is 1. The minimum atomic E-state index is 0.00778. The summed E-state index contributed by atoms with van der Waals surface area (Å²) in [6, 6.07) is 8.52. The van der Waals surface area contributed by atoms with Crippen molar-refractivity contribution in [3.8, 4) is 11.5 Å². The fourth-order valence-corrected chi connectivity index (χ4v) is 3.37. The molecule has 0 spiro atoms. The molecule has 1 amide bonds. The second kappa shape index (κ2) is 7.52. The van der Waals surface area contributed by atoms with Crippen LogP contribution in [0.4, 0.5) is 5.69 Å². The quantitative estimate of drug-likeness (QED) is 0.795. The monoisotopic (exact) mass is 380 g/mol. The first-order valence-electron chi connectivity index (χ1n) is 7.83. The lowest BCUT2D eigenvalue weighted by atomic mass is 9.98. The molecule has 0 saturated carbocycles. The van der Waals surface area contributed by atoms with Gasteiger partial charge in [0.05, 0.1) is 16.7 Å². The molecule has 0 radical (unpaired) electrons. The van der Waals surface area contributed by atoms with Gasteiger partial charge in [0.2, 0.25) is 0 Å². The second-order valence-corrected chi connectivity index (χ2v) is 6.58. The molecule has 2 aromatic rings. The molecule has 0 saturated heterocycles. The smallest absolute Gasteiger partial charge is 0.254 e. The SMILES string of the molecule is COCCN1CCc2cc(Oc3c(Cl)cc(N)cc3Cl)ccc2C1=O. The van der Waals surface area contributed by atoms with Crippen molar-refractivity contribution in [1.29, 1.82) is 0 Å². The highest BCUT2D eigenvalue weighted by Gasteiger charge is 2.24. The third kappa shape index (κ3) is 3.84. The number of carbonyl (C=O) groups is 1. The van der Waals surface area contributed by atoms with Gasteiger partial charge in [0.25, 0.3) is 5.91 Å². The minimum absolute atomic E-state index is 0.00778. The molecule has 1 aliphatic heterocycles. The third-order valence-electron chi connectivity index (χ3n) is 4.05. The van der Waals surface area contributed by atoms with Gasteiger partial charge in [0.15, 0.2) is 5.75 Å². The number of ether oxygens (including phenoxy) is 2. The fourth-order valence-electron chi connectivity index (χ4n) is 2.79. The number of hydrogen-bond acceptors (Lipinski definition) is 4. The number of nitrogens with zero attached hydrogens (tertiary/aromatic N) is 1. The van der Waals surface area contributed by atoms with E-state index in [1.807, 2.05) is 6.07 Å². The maximum absolute atomic E-state index is 12.5. The molecule has 0 aliphatic carbocycles. The van der Waals surface area contributed by atoms with E-state index >= 15 is 0 Å². The Morgan fingerprint density at radius 3 is 2.60 bits per heavy atom. The average Bonchev–Trinajstić information content (AvgIpc) is 2.57. The van der Waals surface area contributed by atoms with Crippen molar-refractivity contribution >= 4 is 34.8 Å². The Labute approximate surface area is 156 Å². The van der Waals surface area contributed by atoms with Crippen LogP contribution in [-0.4, -0.2) is 37.6 Å². The van der Waals surface area contributed by atoms with E-state index in [0.717, 1.165) is 12.0 Å². The number of hydrogen-bond donors (Lipinski definition) is 1. The number of carbonyl (C=O) groups excluding carboxylic acids is 1. The summed E-state index contributed by atoms with van der Waals surface area (Å²) in [5.41, 5.74) is 7.80. The number of halogens is 2. The van der Waals surface area contributed by atoms with Crippen molar-refractivity contribution < 1.29 is 14.3 Å². The molecule has 2 aromatic carbocycles. The molecule has 0 unspecified atom stereocenters. The lowest BCUT2D eigenvalue weighted by Crippen LogP contribution is -2.39. The molecule has 132 valence electrons. The van der Waals surface area contributed by atoms with Gasteiger partial charge in [-0.1, -0.05) is 23.2 Å². The predicted octanol–water partition coefficient (Wildman–Crippen LogP) is 4.01. The van der Waals surface area contributed by atoms with Crippen LogP contribution in [0.3, 0.4) is 0 Å². The molecule has 0 aromatic heterocycles. The summed E-state index contributed by atoms with van der Waals surface area (Å²) in [5, 5.41) is 0.675. The molecular weight excluding hydrogens is 363 g/mol. The van der Waals surface area contributed by atoms with Gasteiger partial charge in [0.1, 0.15) is 5.75 Å². The lowest BCUT2D eigenvalue weighted by Gasteiger charge is -2.28. The van der Waals surface area contributed by atoms with Gasteiger partial charge in [-0.25, -0.2) is 0 Å². The molecule has 0 fully saturated rings. The first-order valence-corrected chi connectivity index (χ1v) is 8.58. The molecule has 0 atom stereocenters. The van der Waals surface area contributed by atoms with Crippen LogP contribution in [0.1, 0.15) is 15.9 Å². The van der Waals surface area contributed by atoms with E-state index in [0.29, 0.717) is 52.5 Å². The Morgan fingerprint density at radius 1 is 1.20 bits per heavy atom. The Kier molecular flexibility index (Phi) is 5.37. The molecule has 7 heteroatoms. The normalized spacial score (nSPS) is 13.7. The van der Waals surface area contributed by atoms with Gasteiger partial charge in [-0.05, 0) is 42.3 Å². The van der Waals surface area contributed by atoms with E-state index in [-0.39, 0.29) is 5.91 Å². The number of anilines is 1. The maximum atomic E-state index is 12.5. The second-order valence-electron chi connectivity index (χ2n) is 5.77. The first-order chi connectivity index (χ1) is 12.0. The zero-order chi connectivity index (χ0) is 18.0. The molecule has 1 aliphatic rings. The fraction of sp³-hybridized carbons (Fsp3) is 0.278. The highest BCUT2D eigenvalue weighted by atomic mass is 35.5. The Bertz CT molecular complexity index is 788. The zero-order valence-electron chi connectivity index (χ0n) is 13.7. The number of nitrogen functional groups attached to an aromatic ring is 1. The zero-order valence-corrected chi connectivity index (χ0v) is 15.2. The van der Waals surface area contributed by atoms with Gasteiger partial charge in [-0.2, -0.15) is 0 Å². The van der Waals surface area contributed by atoms with E-state index in [1.165, 1.54) is 0 Å². The summed E-state index contributed by atoms with van der Waals surface area (Å²) in [6.45, 7) is 1.77. The van der Waals surface area contributed by atoms with Crippen molar-refractivity contribution in [2.75, 3.05) is 32.5 Å². The molecule has 2 N–H and O–H groups in total. The van der Waals surface area contributed by atoms with Gasteiger partial charge in [-0.3, -0.25) is 4.79 Å². The van der Waals surface area contributed by atoms with Crippen LogP contribution in [0.15, 0.2) is 30.3 Å². The van der Waals surface area contributed by atoms with Gasteiger partial charge in [-0.15, -0.1) is 0 Å². The van der Waals surface area contributed by atoms with Crippen LogP contribution in [0.5, 0.6) is 11.5 Å². The van der Waals surface area contributed by atoms with Crippen LogP contribution in [-0.2, 0) is 11.2 Å². The minimum Gasteiger partial charge on any atom is -0.454 e. The van der Waals surface area contributed by atoms with E-state index in [4.69, 9.17) is 38.4 Å². The number of methoxy groups -OCH3 is 1. The largest absolute Gasteiger partial charge is 0.454 e. The third-order valence-corrected chi connectivity index (χ3v) is 4.61. The first kappa shape index (κ1) is 17.9. The number of rotatable bonds is 5. The molecule has 3 rings (SSSR count). The van der Waals surface area contributed by atoms with E-state index in [1.54, 1.807) is 36.3 Å². The van der Waals surface area contributed by atoms with Crippen molar-refractivity contribution in [3.63, 3.8) is 0 Å². The number of amides is 1. The highest BCUT2D eigenvalue weighted by molar-refractivity contribution is 6.37. The van der Waals surface area contributed by atoms with Crippen LogP contribution in [0, 0.1) is 0 Å². The van der Waals surface area contributed by atoms with Crippen LogP contribution < -0.4 is 10.5 Å². The Balaban J connectivity index is 1.82. The van der Waals surface area contributed by atoms with Crippen LogP contribution in [0.2, 0.25) is 10.0 Å². The summed E-state index contributed by atoms with van der Waals surface area (Å²) < 4.78 is 10.9. The van der Waals surface area contributed by atoms with Crippen molar-refractivity contribution in [2.24, 2.45) is 0 Å². The summed E-state index contributed by atoms with van der Waals surface area (Å²) in [6.07, 6.45) is 0.755. The summed E-state index contributed by atoms with van der Waals surface area (Å²) in [7, 11) is 1.62. The molecule has 5 nitrogen and oxygen atoms in total. The van der Waals surface area contributed by atoms with Crippen molar-refractivity contribution in [3.05, 3.63) is 51.5 Å². The maximum Gasteiger partial charge on any atom is 0.254 e. The van der Waals surface area contributed by atoms with Crippen molar-refractivity contribution in [1.82, 2.24) is 4.90 Å². The standard InChI is InChI=1S/C18H18Cl2N2O3/c1-24-7-6-22-5-4-11-8-13(2-3-14(11)18(22)23)25-17-15(19)9-12(21)10-16(17)20/h2-3,8-10H,4-7,21H2,1H3. The predicted molar refractivity (Wildman–Crippen MR) is 98.9 cm³/mol. The number of benzene rings is 2. The summed E-state index contributed by atoms with van der Waals surface area (Å²) >= 11 is 12.3. The Hall–Kier alpha value is -1.95. The summed E-state index contributed by atoms with van der Waals surface area (Å²) in [4.78, 5) is 14.3. The van der Waals surface area contributed by atoms with E-state index in [2.05, 4.69) is 0 Å². The lowest BCUT2D eigenvalue weighted by molar-refractivity contribution is 0.0679. The van der Waals surface area contributed by atoms with Gasteiger partial charge >= 0.3 is 0 Å². The van der Waals surface area contributed by atoms with E-state index < -0.39 is 0 Å². The van der Waals surface area contributed by atoms with E-state index in [9.17, 15) is 4.79 Å². The summed E-state index contributed by atoms with van der Waals surface area (Å²) in [5.74, 6) is 0.931. The molecule has 0 bridgehead atoms. The van der Waals surface area contributed by atoms with Crippen LogP contribution in [0.25, 0.3) is 0 Å². The average molecular weight is 381 g/mol. The molecule has 25 heavy (non-hydrogen) atoms. The molecule has 1 heterocycles. The Morgan fingerprint density at radius 2 is 1.92 bits per heavy atom. The highest BCUT2D eigenvalue weighted by Crippen LogP contribution is 2.38. The van der Waals surface area contributed by atoms with Crippen LogP contribution >= 0.6 is 23.2 Å². The number of fused-ring (bicyclic) bond motifs is 1. The van der Waals surface area contributed by atoms with Gasteiger partial charge < -0.3 is 20.1 Å². The topological polar surface area (TPSA) is 64.8 Å². The van der Waals surface area contributed by atoms with Crippen molar-refractivity contribution in [2.45, 2.75) is 6.42 Å².